The topological polar surface area (TPSA) is 67.1 Å². The Morgan fingerprint density at radius 3 is 2.83 bits per heavy atom. The lowest BCUT2D eigenvalue weighted by molar-refractivity contribution is 0.255. The minimum absolute atomic E-state index is 0.0985. The second-order valence-electron chi connectivity index (χ2n) is 5.65. The molecular formula is C16H16FN5O. The highest BCUT2D eigenvalue weighted by Gasteiger charge is 2.33. The highest BCUT2D eigenvalue weighted by atomic mass is 19.1. The number of nitrogens with zero attached hydrogens (tertiary/aromatic N) is 5. The lowest BCUT2D eigenvalue weighted by Gasteiger charge is -2.23. The third-order valence-electron chi connectivity index (χ3n) is 4.19. The second-order valence-corrected chi connectivity index (χ2v) is 5.65. The van der Waals surface area contributed by atoms with Gasteiger partial charge in [-0.25, -0.2) is 19.0 Å². The Morgan fingerprint density at radius 1 is 1.22 bits per heavy atom. The van der Waals surface area contributed by atoms with Crippen molar-refractivity contribution in [3.63, 3.8) is 0 Å². The van der Waals surface area contributed by atoms with Gasteiger partial charge in [-0.2, -0.15) is 5.10 Å². The first kappa shape index (κ1) is 14.1. The molecule has 1 aliphatic rings. The number of benzene rings is 1. The van der Waals surface area contributed by atoms with Crippen LogP contribution in [0, 0.1) is 0 Å². The summed E-state index contributed by atoms with van der Waals surface area (Å²) in [7, 11) is 0. The van der Waals surface area contributed by atoms with Crippen LogP contribution in [0.25, 0.3) is 16.7 Å². The van der Waals surface area contributed by atoms with Crippen LogP contribution in [0.15, 0.2) is 42.9 Å². The van der Waals surface area contributed by atoms with E-state index in [1.54, 1.807) is 10.9 Å². The fourth-order valence-electron chi connectivity index (χ4n) is 3.11. The van der Waals surface area contributed by atoms with E-state index in [0.29, 0.717) is 17.9 Å². The van der Waals surface area contributed by atoms with Crippen molar-refractivity contribution >= 4 is 16.9 Å². The number of hydrogen-bond acceptors (Lipinski definition) is 5. The van der Waals surface area contributed by atoms with E-state index in [9.17, 15) is 9.50 Å². The number of hydrogen-bond donors (Lipinski definition) is 1. The van der Waals surface area contributed by atoms with Gasteiger partial charge < -0.3 is 10.0 Å². The van der Waals surface area contributed by atoms with Gasteiger partial charge in [0.2, 0.25) is 0 Å². The molecule has 7 heteroatoms. The summed E-state index contributed by atoms with van der Waals surface area (Å²) in [5, 5.41) is 14.7. The van der Waals surface area contributed by atoms with Crippen LogP contribution in [0.4, 0.5) is 10.2 Å². The zero-order chi connectivity index (χ0) is 15.8. The summed E-state index contributed by atoms with van der Waals surface area (Å²) < 4.78 is 15.5. The third-order valence-corrected chi connectivity index (χ3v) is 4.19. The van der Waals surface area contributed by atoms with E-state index in [4.69, 9.17) is 0 Å². The van der Waals surface area contributed by atoms with E-state index < -0.39 is 6.17 Å². The van der Waals surface area contributed by atoms with Gasteiger partial charge in [-0.3, -0.25) is 0 Å². The number of aliphatic hydroxyl groups excluding tert-OH is 1. The molecule has 1 saturated heterocycles. The van der Waals surface area contributed by atoms with Crippen molar-refractivity contribution in [2.75, 3.05) is 18.1 Å². The molecule has 3 heterocycles. The molecule has 1 N–H and O–H groups in total. The summed E-state index contributed by atoms with van der Waals surface area (Å²) >= 11 is 0. The molecule has 0 bridgehead atoms. The van der Waals surface area contributed by atoms with Crippen LogP contribution >= 0.6 is 0 Å². The van der Waals surface area contributed by atoms with Crippen LogP contribution in [0.5, 0.6) is 0 Å². The maximum Gasteiger partial charge on any atom is 0.168 e. The molecule has 4 rings (SSSR count). The van der Waals surface area contributed by atoms with Crippen molar-refractivity contribution in [1.82, 2.24) is 19.7 Å². The van der Waals surface area contributed by atoms with Crippen LogP contribution in [0.1, 0.15) is 6.42 Å². The Bertz CT molecular complexity index is 822. The smallest absolute Gasteiger partial charge is 0.168 e. The van der Waals surface area contributed by atoms with Gasteiger partial charge in [-0.05, 0) is 12.1 Å². The van der Waals surface area contributed by atoms with Gasteiger partial charge in [-0.15, -0.1) is 0 Å². The number of halogens is 1. The van der Waals surface area contributed by atoms with E-state index in [1.807, 2.05) is 35.2 Å². The van der Waals surface area contributed by atoms with Gasteiger partial charge in [0.05, 0.1) is 36.5 Å². The fourth-order valence-corrected chi connectivity index (χ4v) is 3.11. The molecule has 6 nitrogen and oxygen atoms in total. The molecule has 0 saturated carbocycles. The van der Waals surface area contributed by atoms with E-state index in [0.717, 1.165) is 11.1 Å². The quantitative estimate of drug-likeness (QED) is 0.797. The van der Waals surface area contributed by atoms with Gasteiger partial charge in [0.15, 0.2) is 5.65 Å². The summed E-state index contributed by atoms with van der Waals surface area (Å²) in [4.78, 5) is 10.4. The predicted octanol–water partition coefficient (Wildman–Crippen LogP) is 1.72. The Kier molecular flexibility index (Phi) is 3.42. The Morgan fingerprint density at radius 2 is 2.04 bits per heavy atom. The molecule has 0 unspecified atom stereocenters. The summed E-state index contributed by atoms with van der Waals surface area (Å²) in [6, 6.07) is 9.42. The molecule has 23 heavy (non-hydrogen) atoms. The van der Waals surface area contributed by atoms with Crippen molar-refractivity contribution < 1.29 is 9.50 Å². The summed E-state index contributed by atoms with van der Waals surface area (Å²) in [6.45, 7) is 0.132. The SMILES string of the molecule is OC[C@@H]1C[C@H](F)CN1c1ncnc2c1cnn2-c1ccccc1. The number of rotatable bonds is 3. The van der Waals surface area contributed by atoms with E-state index in [1.165, 1.54) is 6.33 Å². The van der Waals surface area contributed by atoms with Gasteiger partial charge in [0.25, 0.3) is 0 Å². The fraction of sp³-hybridized carbons (Fsp3) is 0.312. The third kappa shape index (κ3) is 2.33. The van der Waals surface area contributed by atoms with Crippen LogP contribution < -0.4 is 4.90 Å². The Balaban J connectivity index is 1.82. The van der Waals surface area contributed by atoms with Crippen LogP contribution in [0.2, 0.25) is 0 Å². The van der Waals surface area contributed by atoms with Crippen LogP contribution in [0.3, 0.4) is 0 Å². The molecule has 1 fully saturated rings. The number of aliphatic hydroxyl groups is 1. The summed E-state index contributed by atoms with van der Waals surface area (Å²) in [5.41, 5.74) is 1.57. The van der Waals surface area contributed by atoms with Gasteiger partial charge in [0, 0.05) is 6.42 Å². The second kappa shape index (κ2) is 5.58. The molecule has 2 atom stereocenters. The van der Waals surface area contributed by atoms with E-state index in [-0.39, 0.29) is 19.2 Å². The standard InChI is InChI=1S/C16H16FN5O/c17-11-6-13(9-23)21(8-11)15-14-7-20-22(16(14)19-10-18-15)12-4-2-1-3-5-12/h1-5,7,10-11,13,23H,6,8-9H2/t11-,13-/m0/s1. The molecule has 0 radical (unpaired) electrons. The molecule has 0 spiro atoms. The highest BCUT2D eigenvalue weighted by Crippen LogP contribution is 2.31. The molecule has 1 aromatic carbocycles. The first-order chi connectivity index (χ1) is 11.3. The van der Waals surface area contributed by atoms with Gasteiger partial charge >= 0.3 is 0 Å². The molecule has 118 valence electrons. The highest BCUT2D eigenvalue weighted by molar-refractivity contribution is 5.88. The van der Waals surface area contributed by atoms with E-state index >= 15 is 0 Å². The minimum atomic E-state index is -0.957. The number of aromatic nitrogens is 4. The average Bonchev–Trinajstić information content (AvgIpc) is 3.18. The van der Waals surface area contributed by atoms with Crippen molar-refractivity contribution in [1.29, 1.82) is 0 Å². The van der Waals surface area contributed by atoms with Crippen LogP contribution in [-0.2, 0) is 0 Å². The van der Waals surface area contributed by atoms with Crippen molar-refractivity contribution in [2.24, 2.45) is 0 Å². The molecule has 3 aromatic rings. The maximum absolute atomic E-state index is 13.7. The average molecular weight is 313 g/mol. The number of anilines is 1. The molecular weight excluding hydrogens is 297 g/mol. The Labute approximate surface area is 132 Å². The largest absolute Gasteiger partial charge is 0.394 e. The van der Waals surface area contributed by atoms with Gasteiger partial charge in [0.1, 0.15) is 18.3 Å². The zero-order valence-electron chi connectivity index (χ0n) is 12.4. The zero-order valence-corrected chi connectivity index (χ0v) is 12.4. The maximum atomic E-state index is 13.7. The number of fused-ring (bicyclic) bond motifs is 1. The molecule has 2 aromatic heterocycles. The summed E-state index contributed by atoms with van der Waals surface area (Å²) in [6.07, 6.45) is 2.51. The van der Waals surface area contributed by atoms with Crippen molar-refractivity contribution in [3.05, 3.63) is 42.9 Å². The first-order valence-electron chi connectivity index (χ1n) is 7.53. The lowest BCUT2D eigenvalue weighted by atomic mass is 10.2. The van der Waals surface area contributed by atoms with Gasteiger partial charge in [-0.1, -0.05) is 18.2 Å². The monoisotopic (exact) mass is 313 g/mol. The normalized spacial score (nSPS) is 21.2. The number of alkyl halides is 1. The molecule has 0 aliphatic carbocycles. The Hall–Kier alpha value is -2.54. The lowest BCUT2D eigenvalue weighted by Crippen LogP contribution is -2.33. The molecule has 0 amide bonds. The van der Waals surface area contributed by atoms with E-state index in [2.05, 4.69) is 15.1 Å². The predicted molar refractivity (Wildman–Crippen MR) is 84.4 cm³/mol. The summed E-state index contributed by atoms with van der Waals surface area (Å²) in [5.74, 6) is 0.622. The van der Waals surface area contributed by atoms with Crippen molar-refractivity contribution in [2.45, 2.75) is 18.6 Å². The first-order valence-corrected chi connectivity index (χ1v) is 7.53. The van der Waals surface area contributed by atoms with Crippen molar-refractivity contribution in [3.8, 4) is 5.69 Å². The molecule has 1 aliphatic heterocycles. The van der Waals surface area contributed by atoms with Crippen LogP contribution in [-0.4, -0.2) is 50.2 Å². The minimum Gasteiger partial charge on any atom is -0.394 e. The number of para-hydroxylation sites is 1.